The molecule has 37 heavy (non-hydrogen) atoms. The van der Waals surface area contributed by atoms with Crippen molar-refractivity contribution in [3.8, 4) is 0 Å². The Kier molecular flexibility index (Phi) is 8.70. The average molecular weight is 553 g/mol. The second-order valence-corrected chi connectivity index (χ2v) is 11.0. The van der Waals surface area contributed by atoms with Gasteiger partial charge in [-0.2, -0.15) is 0 Å². The molecule has 0 spiro atoms. The second kappa shape index (κ2) is 12.2. The summed E-state index contributed by atoms with van der Waals surface area (Å²) in [5.74, 6) is 1.50. The molecule has 2 N–H and O–H groups in total. The summed E-state index contributed by atoms with van der Waals surface area (Å²) in [4.78, 5) is 16.5. The highest BCUT2D eigenvalue weighted by Gasteiger charge is 2.34. The minimum atomic E-state index is -0.214. The van der Waals surface area contributed by atoms with Crippen LogP contribution in [0, 0.1) is 5.82 Å². The van der Waals surface area contributed by atoms with Gasteiger partial charge in [0.25, 0.3) is 0 Å². The number of likely N-dealkylation sites (tertiary alicyclic amines) is 1. The number of benzene rings is 1. The van der Waals surface area contributed by atoms with Crippen LogP contribution in [-0.4, -0.2) is 78.6 Å². The van der Waals surface area contributed by atoms with E-state index in [0.717, 1.165) is 88.0 Å². The summed E-state index contributed by atoms with van der Waals surface area (Å²) >= 11 is 12.6. The predicted molar refractivity (Wildman–Crippen MR) is 153 cm³/mol. The number of aliphatic imine (C=N–C) groups is 1. The molecule has 0 radical (unpaired) electrons. The molecule has 3 aliphatic rings. The third kappa shape index (κ3) is 6.48. The van der Waals surface area contributed by atoms with E-state index in [2.05, 4.69) is 37.2 Å². The summed E-state index contributed by atoms with van der Waals surface area (Å²) in [6.07, 6.45) is 5.21. The lowest BCUT2D eigenvalue weighted by atomic mass is 9.97. The molecule has 1 aromatic carbocycles. The lowest BCUT2D eigenvalue weighted by Crippen LogP contribution is -2.58. The van der Waals surface area contributed by atoms with Gasteiger partial charge in [-0.05, 0) is 56.1 Å². The van der Waals surface area contributed by atoms with Crippen molar-refractivity contribution in [2.24, 2.45) is 4.99 Å². The van der Waals surface area contributed by atoms with Crippen molar-refractivity contribution in [2.45, 2.75) is 51.4 Å². The Bertz CT molecular complexity index is 1120. The maximum atomic E-state index is 14.3. The molecule has 204 valence electrons. The molecule has 0 unspecified atom stereocenters. The van der Waals surface area contributed by atoms with Gasteiger partial charge >= 0.3 is 0 Å². The zero-order valence-corrected chi connectivity index (χ0v) is 22.9. The van der Waals surface area contributed by atoms with E-state index in [1.807, 2.05) is 12.3 Å². The minimum Gasteiger partial charge on any atom is -0.355 e. The molecule has 2 saturated heterocycles. The number of halogens is 3. The number of piperidine rings is 1. The third-order valence-electron chi connectivity index (χ3n) is 7.75. The first-order valence-corrected chi connectivity index (χ1v) is 14.1. The topological polar surface area (TPSA) is 59.0 Å². The fourth-order valence-corrected chi connectivity index (χ4v) is 6.17. The average Bonchev–Trinajstić information content (AvgIpc) is 3.43. The number of hydrogen-bond acceptors (Lipinski definition) is 7. The smallest absolute Gasteiger partial charge is 0.191 e. The molecule has 5 rings (SSSR count). The van der Waals surface area contributed by atoms with Gasteiger partial charge in [0.15, 0.2) is 5.96 Å². The molecule has 0 saturated carbocycles. The standard InChI is InChI=1S/C27H36Cl2FN7.2H2/c1-2-22-18-36(26-24(29)13-19(15-33-26)16-34-27-31-7-8-32-27)11-12-37(22)23-5-9-35(10-6-23)17-20-3-4-21(28)14-25(20)30;;/h3-4,13-15,22-23H,2,5-12,16-18H2,1H3,(H2,31,32,34);2*1H/t22-;;/m0../s1. The number of aromatic nitrogens is 1. The summed E-state index contributed by atoms with van der Waals surface area (Å²) in [6.45, 7) is 10.1. The van der Waals surface area contributed by atoms with Gasteiger partial charge in [-0.15, -0.1) is 0 Å². The number of anilines is 1. The molecule has 4 heterocycles. The van der Waals surface area contributed by atoms with Crippen LogP contribution in [0.3, 0.4) is 0 Å². The van der Waals surface area contributed by atoms with Crippen LogP contribution in [0.25, 0.3) is 0 Å². The molecule has 7 nitrogen and oxygen atoms in total. The van der Waals surface area contributed by atoms with Crippen molar-refractivity contribution in [2.75, 3.05) is 50.7 Å². The van der Waals surface area contributed by atoms with Crippen molar-refractivity contribution in [3.63, 3.8) is 0 Å². The van der Waals surface area contributed by atoms with Crippen LogP contribution < -0.4 is 15.5 Å². The highest BCUT2D eigenvalue weighted by Crippen LogP contribution is 2.30. The Morgan fingerprint density at radius 1 is 1.16 bits per heavy atom. The molecule has 1 aromatic heterocycles. The number of rotatable bonds is 7. The van der Waals surface area contributed by atoms with Crippen LogP contribution in [0.4, 0.5) is 10.2 Å². The first-order chi connectivity index (χ1) is 18.0. The van der Waals surface area contributed by atoms with Gasteiger partial charge in [0.2, 0.25) is 0 Å². The molecule has 0 amide bonds. The number of nitrogens with one attached hydrogen (secondary N) is 2. The van der Waals surface area contributed by atoms with Gasteiger partial charge in [-0.1, -0.05) is 36.2 Å². The highest BCUT2D eigenvalue weighted by molar-refractivity contribution is 6.33. The van der Waals surface area contributed by atoms with E-state index in [0.29, 0.717) is 35.2 Å². The van der Waals surface area contributed by atoms with Crippen molar-refractivity contribution in [1.82, 2.24) is 25.4 Å². The molecule has 10 heteroatoms. The second-order valence-electron chi connectivity index (χ2n) is 10.1. The molecular formula is C27H40Cl2FN7. The van der Waals surface area contributed by atoms with Gasteiger partial charge in [0, 0.05) is 71.0 Å². The van der Waals surface area contributed by atoms with Crippen LogP contribution in [0.15, 0.2) is 35.5 Å². The zero-order valence-electron chi connectivity index (χ0n) is 21.4. The molecule has 0 aliphatic carbocycles. The quantitative estimate of drug-likeness (QED) is 0.523. The van der Waals surface area contributed by atoms with Gasteiger partial charge in [0.1, 0.15) is 11.6 Å². The van der Waals surface area contributed by atoms with Crippen molar-refractivity contribution >= 4 is 35.0 Å². The molecule has 2 aromatic rings. The third-order valence-corrected chi connectivity index (χ3v) is 8.26. The summed E-state index contributed by atoms with van der Waals surface area (Å²) < 4.78 is 14.3. The van der Waals surface area contributed by atoms with E-state index < -0.39 is 0 Å². The van der Waals surface area contributed by atoms with E-state index >= 15 is 0 Å². The maximum Gasteiger partial charge on any atom is 0.191 e. The monoisotopic (exact) mass is 551 g/mol. The van der Waals surface area contributed by atoms with Crippen molar-refractivity contribution in [3.05, 3.63) is 57.5 Å². The Hall–Kier alpha value is -2.13. The fourth-order valence-electron chi connectivity index (χ4n) is 5.71. The van der Waals surface area contributed by atoms with Gasteiger partial charge < -0.3 is 15.5 Å². The molecular weight excluding hydrogens is 512 g/mol. The number of piperazine rings is 1. The van der Waals surface area contributed by atoms with Crippen LogP contribution in [0.1, 0.15) is 40.2 Å². The van der Waals surface area contributed by atoms with E-state index in [4.69, 9.17) is 28.2 Å². The van der Waals surface area contributed by atoms with Crippen molar-refractivity contribution in [1.29, 1.82) is 0 Å². The minimum absolute atomic E-state index is 0. The van der Waals surface area contributed by atoms with Crippen molar-refractivity contribution < 1.29 is 7.24 Å². The predicted octanol–water partition coefficient (Wildman–Crippen LogP) is 4.63. The van der Waals surface area contributed by atoms with E-state index in [9.17, 15) is 4.39 Å². The van der Waals surface area contributed by atoms with Crippen LogP contribution in [0.5, 0.6) is 0 Å². The Morgan fingerprint density at radius 2 is 2.00 bits per heavy atom. The van der Waals surface area contributed by atoms with Crippen LogP contribution >= 0.6 is 23.2 Å². The number of guanidine groups is 1. The number of pyridine rings is 1. The molecule has 0 bridgehead atoms. The highest BCUT2D eigenvalue weighted by atomic mass is 35.5. The van der Waals surface area contributed by atoms with Gasteiger partial charge in [-0.3, -0.25) is 14.8 Å². The number of nitrogens with zero attached hydrogens (tertiary/aromatic N) is 5. The lowest BCUT2D eigenvalue weighted by Gasteiger charge is -2.47. The molecule has 3 aliphatic heterocycles. The summed E-state index contributed by atoms with van der Waals surface area (Å²) in [6, 6.07) is 8.02. The van der Waals surface area contributed by atoms with E-state index in [-0.39, 0.29) is 8.67 Å². The first-order valence-electron chi connectivity index (χ1n) is 13.3. The first kappa shape index (κ1) is 26.5. The van der Waals surface area contributed by atoms with Crippen LogP contribution in [-0.2, 0) is 13.1 Å². The Labute approximate surface area is 232 Å². The molecule has 2 fully saturated rings. The Balaban J connectivity index is 0.00000210. The SMILES string of the molecule is CC[C@H]1CN(c2ncc(CNC3=NCCN3)cc2Cl)CCN1C1CCN(Cc2ccc(Cl)cc2F)CC1.[HH].[HH]. The van der Waals surface area contributed by atoms with E-state index in [1.54, 1.807) is 12.1 Å². The molecule has 1 atom stereocenters. The normalized spacial score (nSPS) is 21.7. The maximum absolute atomic E-state index is 14.3. The number of hydrogen-bond donors (Lipinski definition) is 2. The van der Waals surface area contributed by atoms with Gasteiger partial charge in [0.05, 0.1) is 11.6 Å². The largest absolute Gasteiger partial charge is 0.355 e. The summed E-state index contributed by atoms with van der Waals surface area (Å²) in [5, 5.41) is 7.66. The zero-order chi connectivity index (χ0) is 25.8. The van der Waals surface area contributed by atoms with Crippen LogP contribution in [0.2, 0.25) is 10.0 Å². The summed E-state index contributed by atoms with van der Waals surface area (Å²) in [5.41, 5.74) is 1.76. The van der Waals surface area contributed by atoms with E-state index in [1.165, 1.54) is 6.07 Å². The van der Waals surface area contributed by atoms with Gasteiger partial charge in [-0.25, -0.2) is 9.37 Å². The fraction of sp³-hybridized carbons (Fsp3) is 0.556. The lowest BCUT2D eigenvalue weighted by molar-refractivity contribution is 0.0607. The Morgan fingerprint density at radius 3 is 2.70 bits per heavy atom. The summed E-state index contributed by atoms with van der Waals surface area (Å²) in [7, 11) is 0.